The van der Waals surface area contributed by atoms with Gasteiger partial charge in [-0.05, 0) is 19.5 Å². The number of imidazole rings is 1. The Kier molecular flexibility index (Phi) is 3.03. The summed E-state index contributed by atoms with van der Waals surface area (Å²) in [5.41, 5.74) is 0. The molecular formula is C10H18N4. The molecule has 0 amide bonds. The second-order valence-electron chi connectivity index (χ2n) is 3.69. The lowest BCUT2D eigenvalue weighted by molar-refractivity contribution is 0.310. The summed E-state index contributed by atoms with van der Waals surface area (Å²) in [4.78, 5) is 12.3. The minimum Gasteiger partial charge on any atom is -0.341 e. The van der Waals surface area contributed by atoms with Crippen LogP contribution in [-0.2, 0) is 0 Å². The van der Waals surface area contributed by atoms with Crippen molar-refractivity contribution in [3.8, 4) is 0 Å². The van der Waals surface area contributed by atoms with Gasteiger partial charge in [-0.2, -0.15) is 0 Å². The number of likely N-dealkylation sites (N-methyl/N-ethyl adjacent to an activating group) is 1. The molecule has 14 heavy (non-hydrogen) atoms. The van der Waals surface area contributed by atoms with Crippen LogP contribution < -0.4 is 4.90 Å². The first-order valence-corrected chi connectivity index (χ1v) is 5.37. The summed E-state index contributed by atoms with van der Waals surface area (Å²) in [7, 11) is 0. The van der Waals surface area contributed by atoms with Gasteiger partial charge in [0.05, 0.1) is 0 Å². The average Bonchev–Trinajstić information content (AvgIpc) is 2.63. The third-order valence-corrected chi connectivity index (χ3v) is 2.82. The molecule has 4 heteroatoms. The van der Waals surface area contributed by atoms with Gasteiger partial charge in [0.25, 0.3) is 0 Å². The molecule has 1 N–H and O–H groups in total. The second-order valence-corrected chi connectivity index (χ2v) is 3.69. The van der Waals surface area contributed by atoms with E-state index in [9.17, 15) is 0 Å². The molecule has 1 aliphatic heterocycles. The standard InChI is InChI=1S/C10H18N4/c1-2-13-6-3-7-14(9-8-13)10-11-4-5-12-10/h4-5H,2-3,6-9H2,1H3,(H,11,12). The van der Waals surface area contributed by atoms with E-state index in [-0.39, 0.29) is 0 Å². The number of nitrogens with zero attached hydrogens (tertiary/aromatic N) is 3. The normalized spacial score (nSPS) is 19.6. The molecule has 1 aliphatic rings. The molecule has 0 radical (unpaired) electrons. The maximum Gasteiger partial charge on any atom is 0.202 e. The number of anilines is 1. The molecule has 2 rings (SSSR count). The van der Waals surface area contributed by atoms with Crippen LogP contribution >= 0.6 is 0 Å². The maximum absolute atomic E-state index is 4.28. The zero-order valence-electron chi connectivity index (χ0n) is 8.74. The molecule has 0 unspecified atom stereocenters. The zero-order chi connectivity index (χ0) is 9.80. The topological polar surface area (TPSA) is 35.2 Å². The molecule has 0 spiro atoms. The highest BCUT2D eigenvalue weighted by Crippen LogP contribution is 2.09. The van der Waals surface area contributed by atoms with Crippen LogP contribution in [0.25, 0.3) is 0 Å². The largest absolute Gasteiger partial charge is 0.341 e. The van der Waals surface area contributed by atoms with E-state index >= 15 is 0 Å². The lowest BCUT2D eigenvalue weighted by Crippen LogP contribution is -2.31. The van der Waals surface area contributed by atoms with Crippen molar-refractivity contribution >= 4 is 5.95 Å². The first-order valence-electron chi connectivity index (χ1n) is 5.37. The van der Waals surface area contributed by atoms with Gasteiger partial charge in [-0.25, -0.2) is 4.98 Å². The van der Waals surface area contributed by atoms with Crippen molar-refractivity contribution in [2.24, 2.45) is 0 Å². The number of hydrogen-bond acceptors (Lipinski definition) is 3. The fourth-order valence-corrected chi connectivity index (χ4v) is 1.93. The third-order valence-electron chi connectivity index (χ3n) is 2.82. The van der Waals surface area contributed by atoms with Crippen LogP contribution in [0.5, 0.6) is 0 Å². The smallest absolute Gasteiger partial charge is 0.202 e. The van der Waals surface area contributed by atoms with Gasteiger partial charge in [-0.1, -0.05) is 6.92 Å². The fraction of sp³-hybridized carbons (Fsp3) is 0.700. The van der Waals surface area contributed by atoms with Crippen molar-refractivity contribution < 1.29 is 0 Å². The van der Waals surface area contributed by atoms with Crippen LogP contribution in [0.15, 0.2) is 12.4 Å². The number of rotatable bonds is 2. The Morgan fingerprint density at radius 2 is 2.29 bits per heavy atom. The van der Waals surface area contributed by atoms with Crippen LogP contribution in [0.3, 0.4) is 0 Å². The van der Waals surface area contributed by atoms with Gasteiger partial charge in [0.2, 0.25) is 5.95 Å². The summed E-state index contributed by atoms with van der Waals surface area (Å²) < 4.78 is 0. The summed E-state index contributed by atoms with van der Waals surface area (Å²) in [6, 6.07) is 0. The first-order chi connectivity index (χ1) is 6.90. The molecule has 1 aromatic heterocycles. The van der Waals surface area contributed by atoms with Gasteiger partial charge in [0.1, 0.15) is 0 Å². The van der Waals surface area contributed by atoms with Crippen LogP contribution in [0, 0.1) is 0 Å². The first kappa shape index (κ1) is 9.52. The number of aromatic amines is 1. The summed E-state index contributed by atoms with van der Waals surface area (Å²) in [5, 5.41) is 0. The van der Waals surface area contributed by atoms with Crippen LogP contribution in [-0.4, -0.2) is 47.6 Å². The van der Waals surface area contributed by atoms with Crippen molar-refractivity contribution in [2.45, 2.75) is 13.3 Å². The Hall–Kier alpha value is -1.03. The highest BCUT2D eigenvalue weighted by Gasteiger charge is 2.14. The lowest BCUT2D eigenvalue weighted by Gasteiger charge is -2.20. The van der Waals surface area contributed by atoms with Gasteiger partial charge in [0.15, 0.2) is 0 Å². The van der Waals surface area contributed by atoms with Crippen molar-refractivity contribution in [3.63, 3.8) is 0 Å². The van der Waals surface area contributed by atoms with Crippen molar-refractivity contribution in [3.05, 3.63) is 12.4 Å². The highest BCUT2D eigenvalue weighted by molar-refractivity contribution is 5.28. The quantitative estimate of drug-likeness (QED) is 0.761. The molecule has 0 atom stereocenters. The van der Waals surface area contributed by atoms with E-state index in [1.54, 1.807) is 0 Å². The zero-order valence-corrected chi connectivity index (χ0v) is 8.74. The average molecular weight is 194 g/mol. The predicted octanol–water partition coefficient (Wildman–Crippen LogP) is 0.942. The monoisotopic (exact) mass is 194 g/mol. The van der Waals surface area contributed by atoms with Gasteiger partial charge in [-0.15, -0.1) is 0 Å². The minimum atomic E-state index is 1.02. The van der Waals surface area contributed by atoms with E-state index in [2.05, 4.69) is 26.7 Å². The Labute approximate surface area is 84.9 Å². The summed E-state index contributed by atoms with van der Waals surface area (Å²) in [6.07, 6.45) is 4.93. The molecule has 1 saturated heterocycles. The third kappa shape index (κ3) is 2.07. The van der Waals surface area contributed by atoms with Crippen LogP contribution in [0.4, 0.5) is 5.95 Å². The maximum atomic E-state index is 4.28. The molecule has 2 heterocycles. The number of aromatic nitrogens is 2. The SMILES string of the molecule is CCN1CCCN(c2ncc[nH]2)CC1. The molecule has 1 fully saturated rings. The van der Waals surface area contributed by atoms with E-state index in [4.69, 9.17) is 0 Å². The summed E-state index contributed by atoms with van der Waals surface area (Å²) >= 11 is 0. The molecule has 78 valence electrons. The molecule has 0 saturated carbocycles. The molecule has 0 bridgehead atoms. The van der Waals surface area contributed by atoms with E-state index in [1.807, 2.05) is 12.4 Å². The van der Waals surface area contributed by atoms with E-state index in [0.29, 0.717) is 0 Å². The van der Waals surface area contributed by atoms with E-state index in [1.165, 1.54) is 13.0 Å². The highest BCUT2D eigenvalue weighted by atomic mass is 15.3. The Morgan fingerprint density at radius 1 is 1.36 bits per heavy atom. The van der Waals surface area contributed by atoms with E-state index in [0.717, 1.165) is 32.1 Å². The van der Waals surface area contributed by atoms with Gasteiger partial charge >= 0.3 is 0 Å². The fourth-order valence-electron chi connectivity index (χ4n) is 1.93. The Balaban J connectivity index is 1.96. The second kappa shape index (κ2) is 4.46. The van der Waals surface area contributed by atoms with Gasteiger partial charge in [0, 0.05) is 32.0 Å². The summed E-state index contributed by atoms with van der Waals surface area (Å²) in [5.74, 6) is 1.02. The van der Waals surface area contributed by atoms with E-state index < -0.39 is 0 Å². The molecule has 0 aliphatic carbocycles. The molecule has 0 aromatic carbocycles. The molecule has 4 nitrogen and oxygen atoms in total. The van der Waals surface area contributed by atoms with Crippen LogP contribution in [0.1, 0.15) is 13.3 Å². The number of nitrogens with one attached hydrogen (secondary N) is 1. The molecular weight excluding hydrogens is 176 g/mol. The summed E-state index contributed by atoms with van der Waals surface area (Å²) in [6.45, 7) is 7.95. The predicted molar refractivity (Wildman–Crippen MR) is 57.5 cm³/mol. The van der Waals surface area contributed by atoms with Crippen molar-refractivity contribution in [1.29, 1.82) is 0 Å². The van der Waals surface area contributed by atoms with Gasteiger partial charge < -0.3 is 14.8 Å². The van der Waals surface area contributed by atoms with Crippen LogP contribution in [0.2, 0.25) is 0 Å². The lowest BCUT2D eigenvalue weighted by atomic mass is 10.4. The minimum absolute atomic E-state index is 1.02. The van der Waals surface area contributed by atoms with Crippen molar-refractivity contribution in [2.75, 3.05) is 37.6 Å². The van der Waals surface area contributed by atoms with Gasteiger partial charge in [-0.3, -0.25) is 0 Å². The Bertz CT molecular complexity index is 257. The van der Waals surface area contributed by atoms with Crippen molar-refractivity contribution in [1.82, 2.24) is 14.9 Å². The Morgan fingerprint density at radius 3 is 3.00 bits per heavy atom. The number of hydrogen-bond donors (Lipinski definition) is 1. The molecule has 1 aromatic rings. The number of H-pyrrole nitrogens is 1.